The molecular weight excluding hydrogens is 235 g/mol. The Kier molecular flexibility index (Phi) is 7.55. The van der Waals surface area contributed by atoms with E-state index < -0.39 is 5.62 Å². The van der Waals surface area contributed by atoms with Crippen LogP contribution in [0.5, 0.6) is 0 Å². The van der Waals surface area contributed by atoms with Gasteiger partial charge in [-0.3, -0.25) is 0 Å². The fraction of sp³-hybridized carbons (Fsp3) is 0.625. The van der Waals surface area contributed by atoms with Gasteiger partial charge in [0, 0.05) is 18.6 Å². The topological polar surface area (TPSA) is 33.6 Å². The lowest BCUT2D eigenvalue weighted by atomic mass is 10.6. The van der Waals surface area contributed by atoms with E-state index in [4.69, 9.17) is 16.3 Å². The molecule has 14 heavy (non-hydrogen) atoms. The molecule has 0 aromatic carbocycles. The molecule has 0 aliphatic heterocycles. The van der Waals surface area contributed by atoms with Crippen molar-refractivity contribution in [3.63, 3.8) is 0 Å². The molecule has 1 unspecified atom stereocenters. The molecule has 0 heterocycles. The normalized spacial score (nSPS) is 16.6. The molecule has 0 aliphatic rings. The summed E-state index contributed by atoms with van der Waals surface area (Å²) in [4.78, 5) is 3.98. The van der Waals surface area contributed by atoms with E-state index in [1.54, 1.807) is 31.0 Å². The van der Waals surface area contributed by atoms with E-state index in [0.717, 1.165) is 0 Å². The van der Waals surface area contributed by atoms with Crippen LogP contribution >= 0.6 is 17.0 Å². The SMILES string of the molecule is CC=CN=CNP(=S)(OC)SC(C)C. The Morgan fingerprint density at radius 2 is 2.21 bits per heavy atom. The van der Waals surface area contributed by atoms with Crippen LogP contribution in [0.4, 0.5) is 0 Å². The Bertz CT molecular complexity index is 254. The largest absolute Gasteiger partial charge is 0.330 e. The number of aliphatic imine (C=N–C) groups is 1. The molecule has 0 radical (unpaired) electrons. The summed E-state index contributed by atoms with van der Waals surface area (Å²) >= 11 is 6.99. The van der Waals surface area contributed by atoms with Crippen molar-refractivity contribution < 1.29 is 4.52 Å². The van der Waals surface area contributed by atoms with E-state index >= 15 is 0 Å². The summed E-state index contributed by atoms with van der Waals surface area (Å²) in [5.41, 5.74) is -1.98. The van der Waals surface area contributed by atoms with Gasteiger partial charge in [0.1, 0.15) is 0 Å². The van der Waals surface area contributed by atoms with Crippen LogP contribution in [-0.4, -0.2) is 18.7 Å². The molecule has 82 valence electrons. The first-order valence-electron chi connectivity index (χ1n) is 4.29. The van der Waals surface area contributed by atoms with Crippen LogP contribution in [0.3, 0.4) is 0 Å². The quantitative estimate of drug-likeness (QED) is 0.447. The molecule has 0 saturated heterocycles. The van der Waals surface area contributed by atoms with Gasteiger partial charge in [-0.1, -0.05) is 31.3 Å². The number of hydrogen-bond donors (Lipinski definition) is 1. The maximum atomic E-state index is 5.35. The highest BCUT2D eigenvalue weighted by Gasteiger charge is 2.16. The average molecular weight is 252 g/mol. The summed E-state index contributed by atoms with van der Waals surface area (Å²) in [5, 5.41) is 3.48. The molecule has 6 heteroatoms. The lowest BCUT2D eigenvalue weighted by Crippen LogP contribution is -2.07. The molecule has 1 atom stereocenters. The van der Waals surface area contributed by atoms with Crippen molar-refractivity contribution >= 4 is 35.1 Å². The third-order valence-corrected chi connectivity index (χ3v) is 7.13. The second kappa shape index (κ2) is 7.46. The second-order valence-corrected chi connectivity index (χ2v) is 9.91. The zero-order valence-corrected chi connectivity index (χ0v) is 11.5. The Balaban J connectivity index is 4.19. The van der Waals surface area contributed by atoms with Crippen molar-refractivity contribution in [2.45, 2.75) is 26.0 Å². The van der Waals surface area contributed by atoms with Gasteiger partial charge in [-0.15, -0.1) is 0 Å². The first-order valence-corrected chi connectivity index (χ1v) is 8.49. The standard InChI is InChI=1S/C8H17N2OPS2/c1-5-6-9-7-10-12(13,11-4)14-8(2)3/h5-8H,1-4H3,(H,9,10,13). The van der Waals surface area contributed by atoms with Crippen molar-refractivity contribution in [1.82, 2.24) is 5.09 Å². The third-order valence-electron chi connectivity index (χ3n) is 1.12. The molecule has 0 rings (SSSR count). The third kappa shape index (κ3) is 6.60. The van der Waals surface area contributed by atoms with Crippen LogP contribution in [0.15, 0.2) is 17.3 Å². The molecule has 0 spiro atoms. The number of allylic oxidation sites excluding steroid dienone is 1. The van der Waals surface area contributed by atoms with E-state index in [-0.39, 0.29) is 0 Å². The Hall–Kier alpha value is 0.170. The molecule has 0 saturated carbocycles. The first kappa shape index (κ1) is 14.2. The van der Waals surface area contributed by atoms with Crippen LogP contribution in [0.2, 0.25) is 0 Å². The van der Waals surface area contributed by atoms with Crippen molar-refractivity contribution in [3.05, 3.63) is 12.3 Å². The van der Waals surface area contributed by atoms with E-state index in [9.17, 15) is 0 Å². The molecule has 0 aromatic heterocycles. The molecule has 0 amide bonds. The predicted octanol–water partition coefficient (Wildman–Crippen LogP) is 3.15. The summed E-state index contributed by atoms with van der Waals surface area (Å²) in [7, 11) is 1.63. The molecule has 3 nitrogen and oxygen atoms in total. The van der Waals surface area contributed by atoms with Crippen LogP contribution in [-0.2, 0) is 16.3 Å². The van der Waals surface area contributed by atoms with Gasteiger partial charge in [0.15, 0.2) is 0 Å². The minimum atomic E-state index is -1.98. The highest BCUT2D eigenvalue weighted by Crippen LogP contribution is 2.56. The Labute approximate surface area is 95.3 Å². The zero-order valence-electron chi connectivity index (χ0n) is 8.93. The van der Waals surface area contributed by atoms with Crippen molar-refractivity contribution in [1.29, 1.82) is 0 Å². The summed E-state index contributed by atoms with van der Waals surface area (Å²) in [6, 6.07) is 0. The van der Waals surface area contributed by atoms with Crippen molar-refractivity contribution in [2.24, 2.45) is 4.99 Å². The van der Waals surface area contributed by atoms with Crippen LogP contribution in [0, 0.1) is 0 Å². The Morgan fingerprint density at radius 1 is 1.57 bits per heavy atom. The second-order valence-electron chi connectivity index (χ2n) is 2.72. The lowest BCUT2D eigenvalue weighted by Gasteiger charge is -2.20. The summed E-state index contributed by atoms with van der Waals surface area (Å²) in [6.45, 7) is 6.09. The molecule has 0 aromatic rings. The monoisotopic (exact) mass is 252 g/mol. The molecular formula is C8H17N2OPS2. The fourth-order valence-corrected chi connectivity index (χ4v) is 5.59. The highest BCUT2D eigenvalue weighted by molar-refractivity contribution is 8.69. The fourth-order valence-electron chi connectivity index (χ4n) is 0.637. The highest BCUT2D eigenvalue weighted by atomic mass is 32.9. The minimum Gasteiger partial charge on any atom is -0.330 e. The number of rotatable bonds is 6. The van der Waals surface area contributed by atoms with Crippen LogP contribution in [0.1, 0.15) is 20.8 Å². The molecule has 0 fully saturated rings. The van der Waals surface area contributed by atoms with Crippen molar-refractivity contribution in [3.8, 4) is 0 Å². The first-order chi connectivity index (χ1) is 6.54. The van der Waals surface area contributed by atoms with Gasteiger partial charge in [-0.05, 0) is 18.7 Å². The van der Waals surface area contributed by atoms with E-state index in [1.165, 1.54) is 0 Å². The summed E-state index contributed by atoms with van der Waals surface area (Å²) in [5.74, 6) is 0. The van der Waals surface area contributed by atoms with Gasteiger partial charge < -0.3 is 9.61 Å². The zero-order chi connectivity index (χ0) is 11.0. The van der Waals surface area contributed by atoms with Gasteiger partial charge >= 0.3 is 0 Å². The van der Waals surface area contributed by atoms with E-state index in [1.807, 2.05) is 13.0 Å². The number of nitrogens with zero attached hydrogens (tertiary/aromatic N) is 1. The minimum absolute atomic E-state index is 0.448. The van der Waals surface area contributed by atoms with E-state index in [0.29, 0.717) is 5.25 Å². The van der Waals surface area contributed by atoms with Crippen LogP contribution < -0.4 is 5.09 Å². The molecule has 0 aliphatic carbocycles. The number of hydrogen-bond acceptors (Lipinski definition) is 4. The predicted molar refractivity (Wildman–Crippen MR) is 70.5 cm³/mol. The molecule has 1 N–H and O–H groups in total. The van der Waals surface area contributed by atoms with Crippen molar-refractivity contribution in [2.75, 3.05) is 7.11 Å². The van der Waals surface area contributed by atoms with Gasteiger partial charge in [0.2, 0.25) is 5.62 Å². The van der Waals surface area contributed by atoms with Crippen LogP contribution in [0.25, 0.3) is 0 Å². The maximum Gasteiger partial charge on any atom is 0.211 e. The van der Waals surface area contributed by atoms with Gasteiger partial charge in [-0.2, -0.15) is 0 Å². The summed E-state index contributed by atoms with van der Waals surface area (Å²) < 4.78 is 5.29. The van der Waals surface area contributed by atoms with E-state index in [2.05, 4.69) is 23.9 Å². The van der Waals surface area contributed by atoms with Gasteiger partial charge in [0.25, 0.3) is 0 Å². The smallest absolute Gasteiger partial charge is 0.211 e. The Morgan fingerprint density at radius 3 is 2.64 bits per heavy atom. The van der Waals surface area contributed by atoms with Gasteiger partial charge in [-0.25, -0.2) is 4.99 Å². The maximum absolute atomic E-state index is 5.35. The molecule has 0 bridgehead atoms. The lowest BCUT2D eigenvalue weighted by molar-refractivity contribution is 0.467. The number of nitrogens with one attached hydrogen (secondary N) is 1. The summed E-state index contributed by atoms with van der Waals surface area (Å²) in [6.07, 6.45) is 5.14. The average Bonchev–Trinajstić information content (AvgIpc) is 2.11. The van der Waals surface area contributed by atoms with Gasteiger partial charge in [0.05, 0.1) is 6.34 Å².